The van der Waals surface area contributed by atoms with Gasteiger partial charge in [-0.1, -0.05) is 44.0 Å². The van der Waals surface area contributed by atoms with Crippen molar-refractivity contribution < 1.29 is 0 Å². The monoisotopic (exact) mass is 255 g/mol. The summed E-state index contributed by atoms with van der Waals surface area (Å²) in [6.45, 7) is 4.98. The fraction of sp³-hybridized carbons (Fsp3) is 0.667. The molecule has 1 saturated heterocycles. The highest BCUT2D eigenvalue weighted by Gasteiger charge is 2.57. The van der Waals surface area contributed by atoms with Gasteiger partial charge in [0.05, 0.1) is 0 Å². The van der Waals surface area contributed by atoms with Gasteiger partial charge in [0.2, 0.25) is 0 Å². The van der Waals surface area contributed by atoms with Crippen LogP contribution in [0, 0.1) is 11.8 Å². The predicted octanol–water partition coefficient (Wildman–Crippen LogP) is 3.97. The van der Waals surface area contributed by atoms with Crippen molar-refractivity contribution in [3.05, 3.63) is 35.4 Å². The van der Waals surface area contributed by atoms with Crippen molar-refractivity contribution in [1.82, 2.24) is 4.90 Å². The van der Waals surface area contributed by atoms with Gasteiger partial charge in [-0.15, -0.1) is 0 Å². The molecule has 0 aromatic heterocycles. The van der Waals surface area contributed by atoms with E-state index >= 15 is 0 Å². The minimum atomic E-state index is 0.424. The summed E-state index contributed by atoms with van der Waals surface area (Å²) >= 11 is 0. The molecule has 1 aliphatic heterocycles. The van der Waals surface area contributed by atoms with E-state index in [1.165, 1.54) is 51.6 Å². The fourth-order valence-electron chi connectivity index (χ4n) is 5.45. The average Bonchev–Trinajstić information content (AvgIpc) is 2.69. The van der Waals surface area contributed by atoms with Crippen LogP contribution in [-0.4, -0.2) is 18.0 Å². The molecule has 0 N–H and O–H groups in total. The molecule has 2 bridgehead atoms. The molecular formula is C18H25N. The Morgan fingerprint density at radius 3 is 3.05 bits per heavy atom. The van der Waals surface area contributed by atoms with E-state index in [1.54, 1.807) is 11.1 Å². The standard InChI is InChI=1S/C18H25N/c1-2-11-19-13-15-12-14-7-3-4-8-16(14)18(19)10-6-5-9-17(15)18/h3-4,7-8,15,17H,2,5-6,9-13H2,1H3. The molecule has 1 aromatic rings. The predicted molar refractivity (Wildman–Crippen MR) is 79.1 cm³/mol. The van der Waals surface area contributed by atoms with E-state index < -0.39 is 0 Å². The zero-order valence-electron chi connectivity index (χ0n) is 12.1. The van der Waals surface area contributed by atoms with Gasteiger partial charge >= 0.3 is 0 Å². The molecule has 3 aliphatic rings. The van der Waals surface area contributed by atoms with Crippen molar-refractivity contribution in [2.45, 2.75) is 51.0 Å². The van der Waals surface area contributed by atoms with Gasteiger partial charge in [0.15, 0.2) is 0 Å². The van der Waals surface area contributed by atoms with E-state index in [1.807, 2.05) is 0 Å². The second-order valence-electron chi connectivity index (χ2n) is 6.84. The average molecular weight is 255 g/mol. The lowest BCUT2D eigenvalue weighted by Crippen LogP contribution is -2.49. The van der Waals surface area contributed by atoms with E-state index in [9.17, 15) is 0 Å². The van der Waals surface area contributed by atoms with Crippen LogP contribution in [0.5, 0.6) is 0 Å². The van der Waals surface area contributed by atoms with Crippen LogP contribution in [-0.2, 0) is 12.0 Å². The number of likely N-dealkylation sites (tertiary alicyclic amines) is 1. The van der Waals surface area contributed by atoms with Gasteiger partial charge in [-0.3, -0.25) is 4.90 Å². The minimum Gasteiger partial charge on any atom is -0.293 e. The number of fused-ring (bicyclic) bond motifs is 1. The van der Waals surface area contributed by atoms with Crippen molar-refractivity contribution in [2.75, 3.05) is 13.1 Å². The molecule has 2 fully saturated rings. The maximum atomic E-state index is 2.87. The van der Waals surface area contributed by atoms with Gasteiger partial charge in [-0.05, 0) is 55.2 Å². The number of nitrogens with zero attached hydrogens (tertiary/aromatic N) is 1. The molecule has 3 atom stereocenters. The van der Waals surface area contributed by atoms with Gasteiger partial charge in [0.1, 0.15) is 0 Å². The summed E-state index contributed by atoms with van der Waals surface area (Å²) in [5, 5.41) is 0. The van der Waals surface area contributed by atoms with Gasteiger partial charge in [-0.2, -0.15) is 0 Å². The van der Waals surface area contributed by atoms with Gasteiger partial charge in [0, 0.05) is 12.1 Å². The third-order valence-electron chi connectivity index (χ3n) is 5.98. The quantitative estimate of drug-likeness (QED) is 0.773. The van der Waals surface area contributed by atoms with Crippen LogP contribution in [0.4, 0.5) is 0 Å². The molecule has 19 heavy (non-hydrogen) atoms. The lowest BCUT2D eigenvalue weighted by molar-refractivity contribution is 0.0504. The van der Waals surface area contributed by atoms with Crippen molar-refractivity contribution >= 4 is 0 Å². The number of rotatable bonds is 2. The fourth-order valence-corrected chi connectivity index (χ4v) is 5.45. The van der Waals surface area contributed by atoms with E-state index in [0.717, 1.165) is 11.8 Å². The first-order valence-corrected chi connectivity index (χ1v) is 8.19. The molecule has 102 valence electrons. The van der Waals surface area contributed by atoms with Crippen LogP contribution >= 0.6 is 0 Å². The molecule has 1 aromatic carbocycles. The van der Waals surface area contributed by atoms with Crippen LogP contribution in [0.2, 0.25) is 0 Å². The number of hydrogen-bond acceptors (Lipinski definition) is 1. The lowest BCUT2D eigenvalue weighted by Gasteiger charge is -2.49. The number of benzene rings is 1. The first-order chi connectivity index (χ1) is 9.36. The molecule has 1 heterocycles. The summed E-state index contributed by atoms with van der Waals surface area (Å²) < 4.78 is 0. The lowest BCUT2D eigenvalue weighted by atomic mass is 9.61. The molecule has 0 amide bonds. The highest BCUT2D eigenvalue weighted by molar-refractivity contribution is 5.40. The second kappa shape index (κ2) is 4.34. The molecular weight excluding hydrogens is 230 g/mol. The van der Waals surface area contributed by atoms with Gasteiger partial charge < -0.3 is 0 Å². The van der Waals surface area contributed by atoms with Crippen LogP contribution in [0.25, 0.3) is 0 Å². The largest absolute Gasteiger partial charge is 0.293 e. The first kappa shape index (κ1) is 12.0. The third kappa shape index (κ3) is 1.51. The Bertz CT molecular complexity index is 480. The first-order valence-electron chi connectivity index (χ1n) is 8.19. The summed E-state index contributed by atoms with van der Waals surface area (Å²) in [6, 6.07) is 9.34. The Morgan fingerprint density at radius 2 is 2.16 bits per heavy atom. The van der Waals surface area contributed by atoms with Gasteiger partial charge in [-0.25, -0.2) is 0 Å². The molecule has 0 spiro atoms. The second-order valence-corrected chi connectivity index (χ2v) is 6.84. The normalized spacial score (nSPS) is 36.9. The van der Waals surface area contributed by atoms with Crippen LogP contribution in [0.3, 0.4) is 0 Å². The van der Waals surface area contributed by atoms with E-state index in [4.69, 9.17) is 0 Å². The van der Waals surface area contributed by atoms with Crippen molar-refractivity contribution in [1.29, 1.82) is 0 Å². The zero-order valence-corrected chi connectivity index (χ0v) is 12.1. The Kier molecular flexibility index (Phi) is 2.73. The maximum Gasteiger partial charge on any atom is 0.0494 e. The topological polar surface area (TPSA) is 3.24 Å². The smallest absolute Gasteiger partial charge is 0.0494 e. The van der Waals surface area contributed by atoms with Crippen molar-refractivity contribution in [2.24, 2.45) is 11.8 Å². The molecule has 3 unspecified atom stereocenters. The third-order valence-corrected chi connectivity index (χ3v) is 5.98. The molecule has 2 aliphatic carbocycles. The number of hydrogen-bond donors (Lipinski definition) is 0. The summed E-state index contributed by atoms with van der Waals surface area (Å²) in [5.41, 5.74) is 3.78. The summed E-state index contributed by atoms with van der Waals surface area (Å²) in [6.07, 6.45) is 8.40. The summed E-state index contributed by atoms with van der Waals surface area (Å²) in [7, 11) is 0. The molecule has 1 saturated carbocycles. The van der Waals surface area contributed by atoms with Crippen LogP contribution < -0.4 is 0 Å². The van der Waals surface area contributed by atoms with Crippen molar-refractivity contribution in [3.63, 3.8) is 0 Å². The molecule has 1 heteroatoms. The molecule has 1 nitrogen and oxygen atoms in total. The Hall–Kier alpha value is -0.820. The zero-order chi connectivity index (χ0) is 12.9. The van der Waals surface area contributed by atoms with Crippen LogP contribution in [0.1, 0.15) is 50.2 Å². The van der Waals surface area contributed by atoms with E-state index in [-0.39, 0.29) is 0 Å². The van der Waals surface area contributed by atoms with E-state index in [2.05, 4.69) is 36.1 Å². The SMILES string of the molecule is CCCN1CC2Cc3ccccc3C13CCCCC23. The molecule has 4 rings (SSSR count). The van der Waals surface area contributed by atoms with Crippen molar-refractivity contribution in [3.8, 4) is 0 Å². The maximum absolute atomic E-state index is 2.87. The molecule has 0 radical (unpaired) electrons. The summed E-state index contributed by atoms with van der Waals surface area (Å²) in [4.78, 5) is 2.87. The highest BCUT2D eigenvalue weighted by Crippen LogP contribution is 2.58. The summed E-state index contributed by atoms with van der Waals surface area (Å²) in [5.74, 6) is 1.88. The van der Waals surface area contributed by atoms with Gasteiger partial charge in [0.25, 0.3) is 0 Å². The Balaban J connectivity index is 1.87. The van der Waals surface area contributed by atoms with E-state index in [0.29, 0.717) is 5.54 Å². The highest BCUT2D eigenvalue weighted by atomic mass is 15.2. The Labute approximate surface area is 117 Å². The van der Waals surface area contributed by atoms with Crippen LogP contribution in [0.15, 0.2) is 24.3 Å². The Morgan fingerprint density at radius 1 is 1.26 bits per heavy atom. The minimum absolute atomic E-state index is 0.424.